The van der Waals surface area contributed by atoms with Crippen LogP contribution in [-0.2, 0) is 4.79 Å². The molecular weight excluding hydrogens is 378 g/mol. The van der Waals surface area contributed by atoms with Crippen molar-refractivity contribution >= 4 is 17.7 Å². The zero-order chi connectivity index (χ0) is 20.7. The number of carbonyl (C=O) groups is 1. The smallest absolute Gasteiger partial charge is 0.387 e. The van der Waals surface area contributed by atoms with Crippen LogP contribution in [0.3, 0.4) is 0 Å². The van der Waals surface area contributed by atoms with Gasteiger partial charge in [-0.1, -0.05) is 0 Å². The first kappa shape index (κ1) is 20.3. The lowest BCUT2D eigenvalue weighted by atomic mass is 10.1. The molecule has 0 heterocycles. The molecule has 0 aliphatic heterocycles. The minimum absolute atomic E-state index is 0.0831. The van der Waals surface area contributed by atoms with Gasteiger partial charge in [-0.25, -0.2) is 4.79 Å². The molecule has 8 nitrogen and oxygen atoms in total. The van der Waals surface area contributed by atoms with E-state index in [4.69, 9.17) is 14.7 Å². The third-order valence-corrected chi connectivity index (χ3v) is 3.33. The summed E-state index contributed by atoms with van der Waals surface area (Å²) in [6, 6.07) is 9.48. The Kier molecular flexibility index (Phi) is 6.59. The van der Waals surface area contributed by atoms with Crippen molar-refractivity contribution in [3.8, 4) is 23.3 Å². The molecule has 0 saturated carbocycles. The number of alkyl halides is 2. The summed E-state index contributed by atoms with van der Waals surface area (Å²) in [5, 5.41) is 19.9. The monoisotopic (exact) mass is 390 g/mol. The van der Waals surface area contributed by atoms with Gasteiger partial charge in [-0.3, -0.25) is 10.1 Å². The van der Waals surface area contributed by atoms with E-state index in [2.05, 4.69) is 4.74 Å². The van der Waals surface area contributed by atoms with Gasteiger partial charge in [0.1, 0.15) is 5.75 Å². The molecule has 0 bridgehead atoms. The third kappa shape index (κ3) is 5.25. The molecule has 0 unspecified atom stereocenters. The highest BCUT2D eigenvalue weighted by atomic mass is 19.3. The predicted molar refractivity (Wildman–Crippen MR) is 92.1 cm³/mol. The molecule has 0 N–H and O–H groups in total. The van der Waals surface area contributed by atoms with Gasteiger partial charge >= 0.3 is 12.6 Å². The van der Waals surface area contributed by atoms with E-state index in [1.807, 2.05) is 6.07 Å². The first-order chi connectivity index (χ1) is 13.3. The van der Waals surface area contributed by atoms with Crippen LogP contribution in [0.15, 0.2) is 42.5 Å². The molecule has 2 aromatic rings. The summed E-state index contributed by atoms with van der Waals surface area (Å²) >= 11 is 0. The number of ether oxygens (including phenoxy) is 3. The zero-order valence-corrected chi connectivity index (χ0v) is 14.3. The number of hydrogen-bond donors (Lipinski definition) is 0. The van der Waals surface area contributed by atoms with Crippen LogP contribution in [0.1, 0.15) is 11.1 Å². The lowest BCUT2D eigenvalue weighted by Gasteiger charge is -2.10. The van der Waals surface area contributed by atoms with E-state index < -0.39 is 28.9 Å². The van der Waals surface area contributed by atoms with Crippen molar-refractivity contribution in [1.29, 1.82) is 5.26 Å². The number of nitro groups is 1. The fourth-order valence-corrected chi connectivity index (χ4v) is 2.11. The van der Waals surface area contributed by atoms with Crippen LogP contribution < -0.4 is 14.2 Å². The van der Waals surface area contributed by atoms with Gasteiger partial charge in [0.15, 0.2) is 11.5 Å². The van der Waals surface area contributed by atoms with Crippen molar-refractivity contribution in [2.75, 3.05) is 7.11 Å². The molecule has 0 spiro atoms. The lowest BCUT2D eigenvalue weighted by molar-refractivity contribution is -0.385. The molecule has 0 aliphatic rings. The second-order valence-corrected chi connectivity index (χ2v) is 5.09. The standard InChI is InChI=1S/C18H12F2N2O6/c1-26-15-8-12(14(22(24)25)9-16(15)28-18(19)20)4-7-17(23)27-13-5-2-11(10-21)3-6-13/h2-9,18H,1H3/b7-4+. The first-order valence-electron chi connectivity index (χ1n) is 7.55. The van der Waals surface area contributed by atoms with Gasteiger partial charge in [0.2, 0.25) is 0 Å². The summed E-state index contributed by atoms with van der Waals surface area (Å²) in [4.78, 5) is 22.3. The summed E-state index contributed by atoms with van der Waals surface area (Å²) in [6.07, 6.45) is 2.01. The molecule has 0 fully saturated rings. The zero-order valence-electron chi connectivity index (χ0n) is 14.3. The predicted octanol–water partition coefficient (Wildman–Crippen LogP) is 3.70. The number of halogens is 2. The number of benzene rings is 2. The fraction of sp³-hybridized carbons (Fsp3) is 0.111. The molecule has 0 aromatic heterocycles. The minimum Gasteiger partial charge on any atom is -0.493 e. The summed E-state index contributed by atoms with van der Waals surface area (Å²) in [7, 11) is 1.17. The highest BCUT2D eigenvalue weighted by Gasteiger charge is 2.20. The average molecular weight is 390 g/mol. The Labute approximate surface area is 157 Å². The van der Waals surface area contributed by atoms with Gasteiger partial charge in [0.05, 0.1) is 35.3 Å². The van der Waals surface area contributed by atoms with Gasteiger partial charge in [-0.05, 0) is 36.4 Å². The van der Waals surface area contributed by atoms with E-state index in [-0.39, 0.29) is 17.1 Å². The number of carbonyl (C=O) groups excluding carboxylic acids is 1. The number of hydrogen-bond acceptors (Lipinski definition) is 7. The van der Waals surface area contributed by atoms with Crippen molar-refractivity contribution in [2.45, 2.75) is 6.61 Å². The SMILES string of the molecule is COc1cc(/C=C/C(=O)Oc2ccc(C#N)cc2)c([N+](=O)[O-])cc1OC(F)F. The maximum absolute atomic E-state index is 12.4. The molecule has 2 aromatic carbocycles. The minimum atomic E-state index is -3.20. The molecule has 0 atom stereocenters. The van der Waals surface area contributed by atoms with Gasteiger partial charge in [-0.15, -0.1) is 0 Å². The summed E-state index contributed by atoms with van der Waals surface area (Å²) < 4.78 is 39.0. The van der Waals surface area contributed by atoms with Crippen molar-refractivity contribution in [1.82, 2.24) is 0 Å². The summed E-state index contributed by atoms with van der Waals surface area (Å²) in [5.41, 5.74) is -0.275. The van der Waals surface area contributed by atoms with Crippen molar-refractivity contribution in [3.05, 3.63) is 63.7 Å². The Balaban J connectivity index is 2.26. The molecule has 28 heavy (non-hydrogen) atoms. The number of methoxy groups -OCH3 is 1. The number of nitriles is 1. The van der Waals surface area contributed by atoms with Crippen LogP contribution in [-0.4, -0.2) is 24.6 Å². The van der Waals surface area contributed by atoms with Crippen LogP contribution >= 0.6 is 0 Å². The number of esters is 1. The maximum atomic E-state index is 12.4. The molecule has 144 valence electrons. The van der Waals surface area contributed by atoms with E-state index in [1.54, 1.807) is 0 Å². The topological polar surface area (TPSA) is 112 Å². The van der Waals surface area contributed by atoms with E-state index in [9.17, 15) is 23.7 Å². The van der Waals surface area contributed by atoms with Gasteiger partial charge in [0.25, 0.3) is 5.69 Å². The van der Waals surface area contributed by atoms with E-state index >= 15 is 0 Å². The Morgan fingerprint density at radius 2 is 1.93 bits per heavy atom. The highest BCUT2D eigenvalue weighted by molar-refractivity contribution is 5.89. The van der Waals surface area contributed by atoms with Crippen LogP contribution in [0, 0.1) is 21.4 Å². The fourth-order valence-electron chi connectivity index (χ4n) is 2.11. The van der Waals surface area contributed by atoms with Crippen LogP contribution in [0.25, 0.3) is 6.08 Å². The number of nitro benzene ring substituents is 1. The third-order valence-electron chi connectivity index (χ3n) is 3.33. The van der Waals surface area contributed by atoms with Crippen molar-refractivity contribution in [3.63, 3.8) is 0 Å². The maximum Gasteiger partial charge on any atom is 0.387 e. The van der Waals surface area contributed by atoms with E-state index in [0.717, 1.165) is 24.3 Å². The number of rotatable bonds is 7. The Hall–Kier alpha value is -4.00. The molecule has 0 saturated heterocycles. The van der Waals surface area contributed by atoms with Crippen LogP contribution in [0.4, 0.5) is 14.5 Å². The molecule has 10 heteroatoms. The molecule has 0 radical (unpaired) electrons. The molecule has 2 rings (SSSR count). The summed E-state index contributed by atoms with van der Waals surface area (Å²) in [5.74, 6) is -1.36. The Bertz CT molecular complexity index is 952. The largest absolute Gasteiger partial charge is 0.493 e. The van der Waals surface area contributed by atoms with Gasteiger partial charge in [0, 0.05) is 6.08 Å². The van der Waals surface area contributed by atoms with E-state index in [0.29, 0.717) is 5.56 Å². The van der Waals surface area contributed by atoms with Crippen molar-refractivity contribution < 1.29 is 32.7 Å². The quantitative estimate of drug-likeness (QED) is 0.233. The van der Waals surface area contributed by atoms with Crippen LogP contribution in [0.5, 0.6) is 17.2 Å². The average Bonchev–Trinajstić information content (AvgIpc) is 2.66. The highest BCUT2D eigenvalue weighted by Crippen LogP contribution is 2.36. The number of nitrogens with zero attached hydrogens (tertiary/aromatic N) is 2. The first-order valence-corrected chi connectivity index (χ1v) is 7.55. The second kappa shape index (κ2) is 9.09. The molecular formula is C18H12F2N2O6. The Morgan fingerprint density at radius 3 is 2.46 bits per heavy atom. The van der Waals surface area contributed by atoms with Crippen molar-refractivity contribution in [2.24, 2.45) is 0 Å². The normalized spacial score (nSPS) is 10.5. The van der Waals surface area contributed by atoms with Gasteiger partial charge in [-0.2, -0.15) is 14.0 Å². The van der Waals surface area contributed by atoms with E-state index in [1.165, 1.54) is 31.4 Å². The molecule has 0 amide bonds. The van der Waals surface area contributed by atoms with Crippen LogP contribution in [0.2, 0.25) is 0 Å². The summed E-state index contributed by atoms with van der Waals surface area (Å²) in [6.45, 7) is -3.20. The second-order valence-electron chi connectivity index (χ2n) is 5.09. The van der Waals surface area contributed by atoms with Gasteiger partial charge < -0.3 is 14.2 Å². The Morgan fingerprint density at radius 1 is 1.25 bits per heavy atom. The molecule has 0 aliphatic carbocycles. The lowest BCUT2D eigenvalue weighted by Crippen LogP contribution is -2.05.